The van der Waals surface area contributed by atoms with Gasteiger partial charge in [-0.3, -0.25) is 4.98 Å². The molecular weight excluding hydrogens is 232 g/mol. The van der Waals surface area contributed by atoms with Crippen LogP contribution in [0, 0.1) is 5.92 Å². The molecule has 2 nitrogen and oxygen atoms in total. The van der Waals surface area contributed by atoms with E-state index in [9.17, 15) is 0 Å². The van der Waals surface area contributed by atoms with Crippen molar-refractivity contribution in [1.82, 2.24) is 10.3 Å². The second-order valence-corrected chi connectivity index (χ2v) is 5.96. The van der Waals surface area contributed by atoms with Gasteiger partial charge in [-0.15, -0.1) is 0 Å². The van der Waals surface area contributed by atoms with Crippen molar-refractivity contribution in [1.29, 1.82) is 0 Å². The zero-order valence-corrected chi connectivity index (χ0v) is 11.8. The zero-order chi connectivity index (χ0) is 13.2. The highest BCUT2D eigenvalue weighted by Gasteiger charge is 2.31. The number of pyridine rings is 1. The average Bonchev–Trinajstić information content (AvgIpc) is 2.37. The van der Waals surface area contributed by atoms with Crippen molar-refractivity contribution < 1.29 is 0 Å². The van der Waals surface area contributed by atoms with Crippen LogP contribution in [0.4, 0.5) is 0 Å². The lowest BCUT2D eigenvalue weighted by Crippen LogP contribution is -2.36. The maximum atomic E-state index is 4.39. The first-order chi connectivity index (χ1) is 9.24. The van der Waals surface area contributed by atoms with Crippen LogP contribution in [0.2, 0.25) is 0 Å². The lowest BCUT2D eigenvalue weighted by molar-refractivity contribution is 0.241. The van der Waals surface area contributed by atoms with E-state index in [1.54, 1.807) is 0 Å². The van der Waals surface area contributed by atoms with Gasteiger partial charge in [0.15, 0.2) is 0 Å². The molecule has 1 aromatic carbocycles. The van der Waals surface area contributed by atoms with Crippen LogP contribution in [0.3, 0.4) is 0 Å². The van der Waals surface area contributed by atoms with Crippen LogP contribution in [-0.2, 0) is 0 Å². The molecule has 0 amide bonds. The topological polar surface area (TPSA) is 24.9 Å². The van der Waals surface area contributed by atoms with Crippen molar-refractivity contribution in [2.75, 3.05) is 6.54 Å². The third-order valence-electron chi connectivity index (χ3n) is 4.26. The molecule has 2 atom stereocenters. The Bertz CT molecular complexity index is 562. The van der Waals surface area contributed by atoms with Crippen LogP contribution < -0.4 is 5.32 Å². The first-order valence-corrected chi connectivity index (χ1v) is 7.32. The van der Waals surface area contributed by atoms with Gasteiger partial charge in [0.25, 0.3) is 0 Å². The summed E-state index contributed by atoms with van der Waals surface area (Å²) in [5.74, 6) is 1.53. The Morgan fingerprint density at radius 3 is 2.89 bits per heavy atom. The van der Waals surface area contributed by atoms with Gasteiger partial charge in [0.2, 0.25) is 0 Å². The Balaban J connectivity index is 1.76. The summed E-state index contributed by atoms with van der Waals surface area (Å²) in [6.45, 7) is 5.58. The minimum absolute atomic E-state index is 0.585. The fraction of sp³-hybridized carbons (Fsp3) is 0.471. The molecule has 1 N–H and O–H groups in total. The van der Waals surface area contributed by atoms with E-state index < -0.39 is 0 Å². The molecule has 0 radical (unpaired) electrons. The highest BCUT2D eigenvalue weighted by molar-refractivity contribution is 5.79. The largest absolute Gasteiger partial charge is 0.314 e. The molecule has 2 aromatic rings. The standard InChI is InChI=1S/C17H22N2/c1-12(2)19-11-15-5-7-16(15)13-6-8-17-14(10-13)4-3-9-18-17/h3-4,6,8-10,12,15-16,19H,5,7,11H2,1-2H3. The Morgan fingerprint density at radius 1 is 1.26 bits per heavy atom. The molecule has 1 aliphatic rings. The Morgan fingerprint density at radius 2 is 2.16 bits per heavy atom. The second kappa shape index (κ2) is 5.30. The normalized spacial score (nSPS) is 22.7. The molecule has 3 rings (SSSR count). The fourth-order valence-electron chi connectivity index (χ4n) is 2.96. The predicted octanol–water partition coefficient (Wildman–Crippen LogP) is 3.73. The summed E-state index contributed by atoms with van der Waals surface area (Å²) >= 11 is 0. The highest BCUT2D eigenvalue weighted by atomic mass is 14.9. The van der Waals surface area contributed by atoms with Crippen LogP contribution in [0.25, 0.3) is 10.9 Å². The third kappa shape index (κ3) is 2.64. The number of aromatic nitrogens is 1. The van der Waals surface area contributed by atoms with Crippen molar-refractivity contribution in [2.45, 2.75) is 38.6 Å². The van der Waals surface area contributed by atoms with E-state index in [4.69, 9.17) is 0 Å². The molecule has 0 aliphatic heterocycles. The summed E-state index contributed by atoms with van der Waals surface area (Å²) in [4.78, 5) is 4.39. The molecule has 0 saturated heterocycles. The summed E-state index contributed by atoms with van der Waals surface area (Å²) in [5.41, 5.74) is 2.59. The minimum atomic E-state index is 0.585. The molecule has 2 heteroatoms. The number of benzene rings is 1. The van der Waals surface area contributed by atoms with E-state index >= 15 is 0 Å². The number of rotatable bonds is 4. The molecule has 1 aliphatic carbocycles. The molecule has 100 valence electrons. The summed E-state index contributed by atoms with van der Waals surface area (Å²) < 4.78 is 0. The minimum Gasteiger partial charge on any atom is -0.314 e. The van der Waals surface area contributed by atoms with Crippen molar-refractivity contribution in [3.05, 3.63) is 42.1 Å². The van der Waals surface area contributed by atoms with Gasteiger partial charge in [-0.2, -0.15) is 0 Å². The van der Waals surface area contributed by atoms with Crippen LogP contribution in [0.5, 0.6) is 0 Å². The Hall–Kier alpha value is -1.41. The predicted molar refractivity (Wildman–Crippen MR) is 80.3 cm³/mol. The molecule has 0 spiro atoms. The van der Waals surface area contributed by atoms with Crippen LogP contribution in [0.1, 0.15) is 38.2 Å². The summed E-state index contributed by atoms with van der Waals surface area (Å²) in [5, 5.41) is 4.84. The van der Waals surface area contributed by atoms with Gasteiger partial charge in [-0.05, 0) is 55.0 Å². The molecule has 1 aromatic heterocycles. The number of nitrogens with one attached hydrogen (secondary N) is 1. The Labute approximate surface area is 115 Å². The lowest BCUT2D eigenvalue weighted by Gasteiger charge is -2.38. The molecule has 1 fully saturated rings. The number of hydrogen-bond donors (Lipinski definition) is 1. The first-order valence-electron chi connectivity index (χ1n) is 7.32. The van der Waals surface area contributed by atoms with Crippen LogP contribution in [0.15, 0.2) is 36.5 Å². The quantitative estimate of drug-likeness (QED) is 0.899. The van der Waals surface area contributed by atoms with Crippen molar-refractivity contribution in [2.24, 2.45) is 5.92 Å². The van der Waals surface area contributed by atoms with Crippen LogP contribution in [-0.4, -0.2) is 17.6 Å². The van der Waals surface area contributed by atoms with E-state index in [1.807, 2.05) is 12.3 Å². The summed E-state index contributed by atoms with van der Waals surface area (Å²) in [7, 11) is 0. The van der Waals surface area contributed by atoms with E-state index in [-0.39, 0.29) is 0 Å². The number of hydrogen-bond acceptors (Lipinski definition) is 2. The van der Waals surface area contributed by atoms with E-state index in [1.165, 1.54) is 23.8 Å². The Kier molecular flexibility index (Phi) is 3.52. The van der Waals surface area contributed by atoms with Gasteiger partial charge in [0.05, 0.1) is 5.52 Å². The molecule has 0 bridgehead atoms. The molecule has 1 heterocycles. The summed E-state index contributed by atoms with van der Waals surface area (Å²) in [6, 6.07) is 11.5. The van der Waals surface area contributed by atoms with E-state index in [2.05, 4.69) is 48.4 Å². The molecule has 2 unspecified atom stereocenters. The van der Waals surface area contributed by atoms with Gasteiger partial charge in [-0.25, -0.2) is 0 Å². The van der Waals surface area contributed by atoms with Crippen molar-refractivity contribution in [3.8, 4) is 0 Å². The molecule has 19 heavy (non-hydrogen) atoms. The molecular formula is C17H22N2. The first kappa shape index (κ1) is 12.6. The van der Waals surface area contributed by atoms with Crippen molar-refractivity contribution >= 4 is 10.9 Å². The fourth-order valence-corrected chi connectivity index (χ4v) is 2.96. The van der Waals surface area contributed by atoms with Crippen molar-refractivity contribution in [3.63, 3.8) is 0 Å². The monoisotopic (exact) mass is 254 g/mol. The SMILES string of the molecule is CC(C)NCC1CCC1c1ccc2ncccc2c1. The number of fused-ring (bicyclic) bond motifs is 1. The van der Waals surface area contributed by atoms with E-state index in [0.717, 1.165) is 23.9 Å². The highest BCUT2D eigenvalue weighted by Crippen LogP contribution is 2.42. The maximum absolute atomic E-state index is 4.39. The van der Waals surface area contributed by atoms with Gasteiger partial charge in [0.1, 0.15) is 0 Å². The zero-order valence-electron chi connectivity index (χ0n) is 11.8. The average molecular weight is 254 g/mol. The maximum Gasteiger partial charge on any atom is 0.0702 e. The third-order valence-corrected chi connectivity index (χ3v) is 4.26. The smallest absolute Gasteiger partial charge is 0.0702 e. The van der Waals surface area contributed by atoms with E-state index in [0.29, 0.717) is 6.04 Å². The van der Waals surface area contributed by atoms with Gasteiger partial charge in [0, 0.05) is 17.6 Å². The second-order valence-electron chi connectivity index (χ2n) is 5.96. The number of nitrogens with zero attached hydrogens (tertiary/aromatic N) is 1. The van der Waals surface area contributed by atoms with Gasteiger partial charge < -0.3 is 5.32 Å². The summed E-state index contributed by atoms with van der Waals surface area (Å²) in [6.07, 6.45) is 4.55. The van der Waals surface area contributed by atoms with Gasteiger partial charge in [-0.1, -0.05) is 26.0 Å². The molecule has 1 saturated carbocycles. The lowest BCUT2D eigenvalue weighted by atomic mass is 9.70. The van der Waals surface area contributed by atoms with Gasteiger partial charge >= 0.3 is 0 Å². The van der Waals surface area contributed by atoms with Crippen LogP contribution >= 0.6 is 0 Å².